The van der Waals surface area contributed by atoms with E-state index in [0.717, 1.165) is 25.0 Å². The standard InChI is InChI=1S/C15H27N5/c1-11(2)20-12(3)17-18-15(20)14-5-4-10-19(14)13-6-8-16-9-7-13/h11,13-14,16H,4-10H2,1-3H3. The molecule has 0 aromatic carbocycles. The van der Waals surface area contributed by atoms with Crippen molar-refractivity contribution < 1.29 is 0 Å². The Morgan fingerprint density at radius 3 is 2.60 bits per heavy atom. The minimum Gasteiger partial charge on any atom is -0.317 e. The summed E-state index contributed by atoms with van der Waals surface area (Å²) in [6.07, 6.45) is 5.06. The average Bonchev–Trinajstić information content (AvgIpc) is 3.05. The zero-order valence-electron chi connectivity index (χ0n) is 13.0. The van der Waals surface area contributed by atoms with E-state index >= 15 is 0 Å². The van der Waals surface area contributed by atoms with Gasteiger partial charge in [0, 0.05) is 12.1 Å². The first-order valence-corrected chi connectivity index (χ1v) is 8.06. The number of piperidine rings is 1. The van der Waals surface area contributed by atoms with E-state index < -0.39 is 0 Å². The van der Waals surface area contributed by atoms with E-state index in [2.05, 4.69) is 45.8 Å². The van der Waals surface area contributed by atoms with Crippen LogP contribution in [0.15, 0.2) is 0 Å². The van der Waals surface area contributed by atoms with Crippen LogP contribution < -0.4 is 5.32 Å². The zero-order chi connectivity index (χ0) is 14.1. The lowest BCUT2D eigenvalue weighted by Gasteiger charge is -2.35. The third-order valence-electron chi connectivity index (χ3n) is 4.78. The first-order valence-electron chi connectivity index (χ1n) is 8.06. The summed E-state index contributed by atoms with van der Waals surface area (Å²) in [6.45, 7) is 10.1. The molecule has 1 atom stereocenters. The monoisotopic (exact) mass is 277 g/mol. The van der Waals surface area contributed by atoms with Gasteiger partial charge in [-0.15, -0.1) is 10.2 Å². The summed E-state index contributed by atoms with van der Waals surface area (Å²) in [7, 11) is 0. The van der Waals surface area contributed by atoms with Crippen molar-refractivity contribution >= 4 is 0 Å². The molecule has 20 heavy (non-hydrogen) atoms. The number of aryl methyl sites for hydroxylation is 1. The van der Waals surface area contributed by atoms with Gasteiger partial charge >= 0.3 is 0 Å². The van der Waals surface area contributed by atoms with Crippen LogP contribution in [-0.2, 0) is 0 Å². The fourth-order valence-electron chi connectivity index (χ4n) is 3.89. The van der Waals surface area contributed by atoms with Crippen LogP contribution in [0.2, 0.25) is 0 Å². The highest BCUT2D eigenvalue weighted by Crippen LogP contribution is 2.35. The second kappa shape index (κ2) is 5.82. The van der Waals surface area contributed by atoms with Crippen LogP contribution in [0.1, 0.15) is 63.3 Å². The predicted molar refractivity (Wildman–Crippen MR) is 79.7 cm³/mol. The number of nitrogens with zero attached hydrogens (tertiary/aromatic N) is 4. The number of hydrogen-bond donors (Lipinski definition) is 1. The van der Waals surface area contributed by atoms with Crippen molar-refractivity contribution in [2.45, 2.75) is 64.6 Å². The third kappa shape index (κ3) is 2.49. The van der Waals surface area contributed by atoms with E-state index in [4.69, 9.17) is 0 Å². The topological polar surface area (TPSA) is 46.0 Å². The Kier molecular flexibility index (Phi) is 4.08. The van der Waals surface area contributed by atoms with Gasteiger partial charge in [0.1, 0.15) is 5.82 Å². The lowest BCUT2D eigenvalue weighted by atomic mass is 10.0. The molecule has 3 heterocycles. The minimum absolute atomic E-state index is 0.440. The number of hydrogen-bond acceptors (Lipinski definition) is 4. The molecule has 2 aliphatic heterocycles. The summed E-state index contributed by atoms with van der Waals surface area (Å²) in [4.78, 5) is 2.70. The van der Waals surface area contributed by atoms with Crippen LogP contribution in [0.3, 0.4) is 0 Å². The van der Waals surface area contributed by atoms with E-state index in [9.17, 15) is 0 Å². The van der Waals surface area contributed by atoms with Gasteiger partial charge in [-0.2, -0.15) is 0 Å². The Bertz CT molecular complexity index is 447. The fourth-order valence-corrected chi connectivity index (χ4v) is 3.89. The Morgan fingerprint density at radius 2 is 1.90 bits per heavy atom. The van der Waals surface area contributed by atoms with Crippen molar-refractivity contribution in [3.63, 3.8) is 0 Å². The minimum atomic E-state index is 0.440. The first-order chi connectivity index (χ1) is 9.68. The molecule has 0 aliphatic carbocycles. The lowest BCUT2D eigenvalue weighted by Crippen LogP contribution is -2.43. The number of likely N-dealkylation sites (tertiary alicyclic amines) is 1. The Hall–Kier alpha value is -0.940. The molecule has 1 unspecified atom stereocenters. The number of rotatable bonds is 3. The maximum absolute atomic E-state index is 4.52. The molecular formula is C15H27N5. The van der Waals surface area contributed by atoms with E-state index in [-0.39, 0.29) is 0 Å². The maximum Gasteiger partial charge on any atom is 0.150 e. The van der Waals surface area contributed by atoms with E-state index in [0.29, 0.717) is 12.1 Å². The van der Waals surface area contributed by atoms with Gasteiger partial charge < -0.3 is 9.88 Å². The van der Waals surface area contributed by atoms with E-state index in [1.807, 2.05) is 0 Å². The summed E-state index contributed by atoms with van der Waals surface area (Å²) in [6, 6.07) is 1.64. The highest BCUT2D eigenvalue weighted by Gasteiger charge is 2.35. The van der Waals surface area contributed by atoms with Gasteiger partial charge in [-0.1, -0.05) is 0 Å². The zero-order valence-corrected chi connectivity index (χ0v) is 13.0. The van der Waals surface area contributed by atoms with Crippen molar-refractivity contribution in [3.05, 3.63) is 11.6 Å². The van der Waals surface area contributed by atoms with Gasteiger partial charge in [-0.3, -0.25) is 4.90 Å². The molecule has 1 aromatic heterocycles. The van der Waals surface area contributed by atoms with Gasteiger partial charge in [0.15, 0.2) is 5.82 Å². The summed E-state index contributed by atoms with van der Waals surface area (Å²) < 4.78 is 2.32. The van der Waals surface area contributed by atoms with Crippen molar-refractivity contribution in [1.29, 1.82) is 0 Å². The van der Waals surface area contributed by atoms with Crippen LogP contribution in [0.25, 0.3) is 0 Å². The van der Waals surface area contributed by atoms with Crippen molar-refractivity contribution in [2.24, 2.45) is 0 Å². The highest BCUT2D eigenvalue weighted by molar-refractivity contribution is 5.05. The molecule has 5 nitrogen and oxygen atoms in total. The van der Waals surface area contributed by atoms with E-state index in [1.165, 1.54) is 38.1 Å². The van der Waals surface area contributed by atoms with Crippen LogP contribution in [0, 0.1) is 6.92 Å². The highest BCUT2D eigenvalue weighted by atomic mass is 15.3. The number of nitrogens with one attached hydrogen (secondary N) is 1. The molecule has 0 bridgehead atoms. The average molecular weight is 277 g/mol. The van der Waals surface area contributed by atoms with Gasteiger partial charge in [0.25, 0.3) is 0 Å². The molecule has 0 saturated carbocycles. The van der Waals surface area contributed by atoms with Crippen molar-refractivity contribution in [1.82, 2.24) is 25.0 Å². The fraction of sp³-hybridized carbons (Fsp3) is 0.867. The molecule has 2 fully saturated rings. The summed E-state index contributed by atoms with van der Waals surface area (Å²) in [5.41, 5.74) is 0. The molecule has 1 N–H and O–H groups in total. The van der Waals surface area contributed by atoms with Crippen LogP contribution in [0.4, 0.5) is 0 Å². The molecule has 2 saturated heterocycles. The van der Waals surface area contributed by atoms with Gasteiger partial charge in [-0.05, 0) is 66.1 Å². The Morgan fingerprint density at radius 1 is 1.15 bits per heavy atom. The SMILES string of the molecule is Cc1nnc(C2CCCN2C2CCNCC2)n1C(C)C. The Balaban J connectivity index is 1.84. The summed E-state index contributed by atoms with van der Waals surface area (Å²) in [5.74, 6) is 2.24. The quantitative estimate of drug-likeness (QED) is 0.918. The summed E-state index contributed by atoms with van der Waals surface area (Å²) in [5, 5.41) is 12.3. The molecular weight excluding hydrogens is 250 g/mol. The summed E-state index contributed by atoms with van der Waals surface area (Å²) >= 11 is 0. The van der Waals surface area contributed by atoms with Crippen molar-refractivity contribution in [3.8, 4) is 0 Å². The van der Waals surface area contributed by atoms with Gasteiger partial charge in [-0.25, -0.2) is 0 Å². The smallest absolute Gasteiger partial charge is 0.150 e. The lowest BCUT2D eigenvalue weighted by molar-refractivity contribution is 0.140. The van der Waals surface area contributed by atoms with Crippen LogP contribution in [-0.4, -0.2) is 45.3 Å². The molecule has 1 aromatic rings. The molecule has 112 valence electrons. The van der Waals surface area contributed by atoms with Gasteiger partial charge in [0.05, 0.1) is 6.04 Å². The van der Waals surface area contributed by atoms with Gasteiger partial charge in [0.2, 0.25) is 0 Å². The Labute approximate surface area is 121 Å². The normalized spacial score (nSPS) is 25.7. The maximum atomic E-state index is 4.52. The second-order valence-corrected chi connectivity index (χ2v) is 6.45. The molecule has 2 aliphatic rings. The largest absolute Gasteiger partial charge is 0.317 e. The van der Waals surface area contributed by atoms with Crippen LogP contribution >= 0.6 is 0 Å². The molecule has 0 spiro atoms. The third-order valence-corrected chi connectivity index (χ3v) is 4.78. The first kappa shape index (κ1) is 14.0. The molecule has 3 rings (SSSR count). The molecule has 0 amide bonds. The second-order valence-electron chi connectivity index (χ2n) is 6.45. The van der Waals surface area contributed by atoms with Crippen LogP contribution in [0.5, 0.6) is 0 Å². The van der Waals surface area contributed by atoms with Crippen molar-refractivity contribution in [2.75, 3.05) is 19.6 Å². The predicted octanol–water partition coefficient (Wildman–Crippen LogP) is 2.06. The van der Waals surface area contributed by atoms with E-state index in [1.54, 1.807) is 0 Å². The molecule has 5 heteroatoms. The number of aromatic nitrogens is 3. The molecule has 0 radical (unpaired) electrons.